The second-order valence-electron chi connectivity index (χ2n) is 6.25. The van der Waals surface area contributed by atoms with Gasteiger partial charge in [0.05, 0.1) is 11.6 Å². The zero-order chi connectivity index (χ0) is 16.6. The summed E-state index contributed by atoms with van der Waals surface area (Å²) in [5.41, 5.74) is 1.68. The van der Waals surface area contributed by atoms with E-state index < -0.39 is 0 Å². The Morgan fingerprint density at radius 3 is 2.65 bits per heavy atom. The van der Waals surface area contributed by atoms with Crippen LogP contribution in [0.15, 0.2) is 9.05 Å². The van der Waals surface area contributed by atoms with Gasteiger partial charge >= 0.3 is 0 Å². The van der Waals surface area contributed by atoms with Crippen molar-refractivity contribution in [2.75, 3.05) is 13.1 Å². The Labute approximate surface area is 135 Å². The summed E-state index contributed by atoms with van der Waals surface area (Å²) in [5.74, 6) is 1.96. The number of nitrogens with zero attached hydrogens (tertiary/aromatic N) is 4. The smallest absolute Gasteiger partial charge is 0.230 e. The number of carbonyl (C=O) groups is 1. The van der Waals surface area contributed by atoms with Crippen molar-refractivity contribution in [3.05, 3.63) is 28.7 Å². The molecule has 7 nitrogen and oxygen atoms in total. The highest BCUT2D eigenvalue weighted by Gasteiger charge is 2.32. The first kappa shape index (κ1) is 15.7. The number of rotatable bonds is 3. The largest absolute Gasteiger partial charge is 0.361 e. The van der Waals surface area contributed by atoms with E-state index in [1.807, 2.05) is 25.7 Å². The molecule has 1 amide bonds. The van der Waals surface area contributed by atoms with Gasteiger partial charge in [-0.1, -0.05) is 10.3 Å². The van der Waals surface area contributed by atoms with Gasteiger partial charge in [0, 0.05) is 31.5 Å². The summed E-state index contributed by atoms with van der Waals surface area (Å²) in [4.78, 5) is 19.1. The number of aromatic nitrogens is 3. The Hall–Kier alpha value is -2.18. The van der Waals surface area contributed by atoms with Gasteiger partial charge in [-0.25, -0.2) is 0 Å². The molecule has 3 heterocycles. The summed E-state index contributed by atoms with van der Waals surface area (Å²) in [6, 6.07) is 0. The van der Waals surface area contributed by atoms with Gasteiger partial charge < -0.3 is 13.9 Å². The summed E-state index contributed by atoms with van der Waals surface area (Å²) < 4.78 is 10.3. The zero-order valence-corrected chi connectivity index (χ0v) is 14.0. The molecule has 0 radical (unpaired) electrons. The van der Waals surface area contributed by atoms with E-state index in [1.54, 1.807) is 6.92 Å². The third-order valence-corrected chi connectivity index (χ3v) is 4.53. The summed E-state index contributed by atoms with van der Waals surface area (Å²) >= 11 is 0. The maximum atomic E-state index is 12.9. The van der Waals surface area contributed by atoms with Crippen LogP contribution < -0.4 is 0 Å². The highest BCUT2D eigenvalue weighted by Crippen LogP contribution is 2.29. The number of hydrogen-bond donors (Lipinski definition) is 0. The van der Waals surface area contributed by atoms with E-state index in [2.05, 4.69) is 15.3 Å². The first-order chi connectivity index (χ1) is 11.0. The Morgan fingerprint density at radius 1 is 1.26 bits per heavy atom. The molecule has 1 saturated heterocycles. The molecule has 1 fully saturated rings. The Morgan fingerprint density at radius 2 is 2.04 bits per heavy atom. The molecule has 0 saturated carbocycles. The molecule has 2 aromatic heterocycles. The second kappa shape index (κ2) is 6.14. The van der Waals surface area contributed by atoms with Crippen LogP contribution in [0, 0.1) is 20.8 Å². The van der Waals surface area contributed by atoms with Crippen LogP contribution >= 0.6 is 0 Å². The lowest BCUT2D eigenvalue weighted by Gasteiger charge is -2.33. The number of hydrogen-bond acceptors (Lipinski definition) is 6. The summed E-state index contributed by atoms with van der Waals surface area (Å²) in [5, 5.41) is 7.96. The summed E-state index contributed by atoms with van der Waals surface area (Å²) in [6.07, 6.45) is 1.92. The van der Waals surface area contributed by atoms with Crippen LogP contribution in [0.25, 0.3) is 0 Å². The highest BCUT2D eigenvalue weighted by molar-refractivity contribution is 5.84. The molecule has 1 aliphatic heterocycles. The minimum Gasteiger partial charge on any atom is -0.361 e. The number of aryl methyl sites for hydroxylation is 3. The van der Waals surface area contributed by atoms with Gasteiger partial charge in [0.2, 0.25) is 11.8 Å². The van der Waals surface area contributed by atoms with Gasteiger partial charge in [-0.15, -0.1) is 0 Å². The maximum absolute atomic E-state index is 12.9. The second-order valence-corrected chi connectivity index (χ2v) is 6.25. The zero-order valence-electron chi connectivity index (χ0n) is 14.0. The highest BCUT2D eigenvalue weighted by atomic mass is 16.5. The molecule has 0 N–H and O–H groups in total. The molecule has 23 heavy (non-hydrogen) atoms. The predicted octanol–water partition coefficient (Wildman–Crippen LogP) is 2.49. The van der Waals surface area contributed by atoms with E-state index in [9.17, 15) is 4.79 Å². The SMILES string of the molecule is Cc1nc([C@H]2CCCN(C(=O)[C@H](C)c3c(C)noc3C)C2)no1. The minimum atomic E-state index is -0.257. The van der Waals surface area contributed by atoms with Crippen LogP contribution in [-0.2, 0) is 4.79 Å². The molecule has 0 bridgehead atoms. The topological polar surface area (TPSA) is 85.3 Å². The average molecular weight is 318 g/mol. The van der Waals surface area contributed by atoms with Crippen molar-refractivity contribution in [3.63, 3.8) is 0 Å². The first-order valence-corrected chi connectivity index (χ1v) is 7.99. The van der Waals surface area contributed by atoms with Crippen molar-refractivity contribution < 1.29 is 13.8 Å². The van der Waals surface area contributed by atoms with Crippen molar-refractivity contribution in [3.8, 4) is 0 Å². The summed E-state index contributed by atoms with van der Waals surface area (Å²) in [7, 11) is 0. The first-order valence-electron chi connectivity index (χ1n) is 7.99. The predicted molar refractivity (Wildman–Crippen MR) is 82.0 cm³/mol. The lowest BCUT2D eigenvalue weighted by molar-refractivity contribution is -0.133. The third kappa shape index (κ3) is 3.00. The molecule has 2 aromatic rings. The number of carbonyl (C=O) groups excluding carboxylic acids is 1. The molecule has 3 rings (SSSR count). The van der Waals surface area contributed by atoms with Crippen LogP contribution in [0.5, 0.6) is 0 Å². The van der Waals surface area contributed by atoms with Crippen LogP contribution in [-0.4, -0.2) is 39.2 Å². The fraction of sp³-hybridized carbons (Fsp3) is 0.625. The maximum Gasteiger partial charge on any atom is 0.230 e. The Kier molecular flexibility index (Phi) is 4.19. The lowest BCUT2D eigenvalue weighted by atomic mass is 9.93. The molecule has 2 atom stereocenters. The molecule has 0 spiro atoms. The molecule has 0 aromatic carbocycles. The van der Waals surface area contributed by atoms with E-state index >= 15 is 0 Å². The Bertz CT molecular complexity index is 686. The Balaban J connectivity index is 1.74. The molecular formula is C16H22N4O3. The monoisotopic (exact) mass is 318 g/mol. The average Bonchev–Trinajstić information content (AvgIpc) is 3.12. The van der Waals surface area contributed by atoms with Gasteiger partial charge in [0.1, 0.15) is 5.76 Å². The minimum absolute atomic E-state index is 0.101. The molecule has 124 valence electrons. The lowest BCUT2D eigenvalue weighted by Crippen LogP contribution is -2.41. The van der Waals surface area contributed by atoms with Crippen molar-refractivity contribution in [1.82, 2.24) is 20.2 Å². The number of amides is 1. The van der Waals surface area contributed by atoms with Crippen molar-refractivity contribution >= 4 is 5.91 Å². The molecule has 7 heteroatoms. The van der Waals surface area contributed by atoms with Crippen molar-refractivity contribution in [2.24, 2.45) is 0 Å². The standard InChI is InChI=1S/C16H22N4O3/c1-9(14-10(2)18-22-11(14)3)16(21)20-7-5-6-13(8-20)15-17-12(4)23-19-15/h9,13H,5-8H2,1-4H3/t9-,13+/m1/s1. The van der Waals surface area contributed by atoms with Crippen molar-refractivity contribution in [1.29, 1.82) is 0 Å². The molecule has 0 aliphatic carbocycles. The van der Waals surface area contributed by atoms with Crippen LogP contribution in [0.2, 0.25) is 0 Å². The third-order valence-electron chi connectivity index (χ3n) is 4.53. The van der Waals surface area contributed by atoms with Crippen molar-refractivity contribution in [2.45, 2.75) is 52.4 Å². The van der Waals surface area contributed by atoms with E-state index in [0.717, 1.165) is 30.6 Å². The normalized spacial score (nSPS) is 19.8. The van der Waals surface area contributed by atoms with E-state index in [-0.39, 0.29) is 17.7 Å². The van der Waals surface area contributed by atoms with Crippen LogP contribution in [0.3, 0.4) is 0 Å². The quantitative estimate of drug-likeness (QED) is 0.864. The van der Waals surface area contributed by atoms with Gasteiger partial charge in [-0.2, -0.15) is 4.98 Å². The number of piperidine rings is 1. The fourth-order valence-corrected chi connectivity index (χ4v) is 3.37. The van der Waals surface area contributed by atoms with Gasteiger partial charge in [0.25, 0.3) is 0 Å². The van der Waals surface area contributed by atoms with E-state index in [1.165, 1.54) is 0 Å². The van der Waals surface area contributed by atoms with E-state index in [0.29, 0.717) is 24.0 Å². The fourth-order valence-electron chi connectivity index (χ4n) is 3.37. The van der Waals surface area contributed by atoms with E-state index in [4.69, 9.17) is 9.05 Å². The molecule has 0 unspecified atom stereocenters. The molecular weight excluding hydrogens is 296 g/mol. The number of likely N-dealkylation sites (tertiary alicyclic amines) is 1. The van der Waals surface area contributed by atoms with Gasteiger partial charge in [-0.3, -0.25) is 4.79 Å². The van der Waals surface area contributed by atoms with Crippen LogP contribution in [0.4, 0.5) is 0 Å². The molecule has 1 aliphatic rings. The summed E-state index contributed by atoms with van der Waals surface area (Å²) in [6.45, 7) is 8.81. The van der Waals surface area contributed by atoms with Gasteiger partial charge in [0.15, 0.2) is 5.82 Å². The van der Waals surface area contributed by atoms with Crippen LogP contribution in [0.1, 0.15) is 60.3 Å². The van der Waals surface area contributed by atoms with Gasteiger partial charge in [-0.05, 0) is 33.6 Å².